The molecule has 0 aromatic carbocycles. The highest BCUT2D eigenvalue weighted by molar-refractivity contribution is 7.93. The summed E-state index contributed by atoms with van der Waals surface area (Å²) < 4.78 is 30.0. The number of nitriles is 1. The lowest BCUT2D eigenvalue weighted by Gasteiger charge is -2.13. The van der Waals surface area contributed by atoms with Gasteiger partial charge < -0.3 is 0 Å². The van der Waals surface area contributed by atoms with Gasteiger partial charge in [0.2, 0.25) is 12.4 Å². The normalized spacial score (nSPS) is 16.2. The minimum Gasteiger partial charge on any atom is -0.285 e. The number of nitrogens with zero attached hydrogens (tertiary/aromatic N) is 3. The van der Waals surface area contributed by atoms with Gasteiger partial charge in [-0.15, -0.1) is 4.36 Å². The van der Waals surface area contributed by atoms with Crippen LogP contribution in [0.15, 0.2) is 22.7 Å². The second-order valence-corrected chi connectivity index (χ2v) is 7.47. The Bertz CT molecular complexity index is 637. The van der Waals surface area contributed by atoms with Crippen LogP contribution in [-0.4, -0.2) is 15.7 Å². The van der Waals surface area contributed by atoms with Gasteiger partial charge >= 0.3 is 0 Å². The molecule has 0 saturated heterocycles. The maximum Gasteiger partial charge on any atom is 0.270 e. The van der Waals surface area contributed by atoms with E-state index in [1.165, 1.54) is 38.6 Å². The van der Waals surface area contributed by atoms with Crippen LogP contribution >= 0.6 is 0 Å². The molecule has 0 radical (unpaired) electrons. The van der Waals surface area contributed by atoms with Crippen molar-refractivity contribution in [1.29, 1.82) is 5.26 Å². The van der Waals surface area contributed by atoms with Crippen molar-refractivity contribution in [1.82, 2.24) is 0 Å². The van der Waals surface area contributed by atoms with Gasteiger partial charge in [-0.1, -0.05) is 0 Å². The van der Waals surface area contributed by atoms with Crippen LogP contribution in [0, 0.1) is 11.5 Å². The predicted molar refractivity (Wildman–Crippen MR) is 68.5 cm³/mol. The van der Waals surface area contributed by atoms with Crippen molar-refractivity contribution in [2.24, 2.45) is 4.36 Å². The average Bonchev–Trinajstić information content (AvgIpc) is 2.26. The lowest BCUT2D eigenvalue weighted by atomic mass is 10.1. The van der Waals surface area contributed by atoms with Crippen LogP contribution < -0.4 is 4.73 Å². The Morgan fingerprint density at radius 3 is 2.58 bits per heavy atom. The molecule has 1 heterocycles. The minimum absolute atomic E-state index is 0.0864. The Labute approximate surface area is 112 Å². The minimum atomic E-state index is -2.73. The lowest BCUT2D eigenvalue weighted by Crippen LogP contribution is -2.40. The fraction of sp³-hybridized carbons (Fsp3) is 0.500. The second kappa shape index (κ2) is 5.13. The number of hydrogen-bond donors (Lipinski definition) is 1. The Hall–Kier alpha value is -1.68. The molecule has 0 bridgehead atoms. The third kappa shape index (κ3) is 3.41. The lowest BCUT2D eigenvalue weighted by molar-refractivity contribution is -0.912. The van der Waals surface area contributed by atoms with Crippen molar-refractivity contribution in [3.8, 4) is 6.19 Å². The fourth-order valence-electron chi connectivity index (χ4n) is 1.63. The van der Waals surface area contributed by atoms with Gasteiger partial charge in [0.05, 0.1) is 15.0 Å². The topological polar surface area (TPSA) is 77.3 Å². The number of rotatable bonds is 3. The molecule has 1 aromatic heterocycles. The zero-order valence-electron chi connectivity index (χ0n) is 11.3. The van der Waals surface area contributed by atoms with Crippen LogP contribution in [0.1, 0.15) is 37.3 Å². The van der Waals surface area contributed by atoms with E-state index in [0.29, 0.717) is 10.3 Å². The second-order valence-electron chi connectivity index (χ2n) is 4.86. The Balaban J connectivity index is 3.28. The molecule has 19 heavy (non-hydrogen) atoms. The van der Waals surface area contributed by atoms with E-state index in [-0.39, 0.29) is 5.69 Å². The molecule has 0 aliphatic heterocycles. The summed E-state index contributed by atoms with van der Waals surface area (Å²) in [7, 11) is -2.73. The van der Waals surface area contributed by atoms with E-state index in [0.717, 1.165) is 0 Å². The molecular formula is C12H17FN3O2S+. The summed E-state index contributed by atoms with van der Waals surface area (Å²) in [6.45, 7) is 4.29. The molecule has 0 spiro atoms. The van der Waals surface area contributed by atoms with Crippen molar-refractivity contribution >= 4 is 9.73 Å². The van der Waals surface area contributed by atoms with E-state index in [1.54, 1.807) is 13.0 Å². The standard InChI is InChI=1S/C12H17FN3O2S/c1-9(19(4,18)15-8-14)10-5-6-11(12(2,3)13)16(17)7-10/h5-7,9,17H,1-4H3/q+1. The van der Waals surface area contributed by atoms with Crippen LogP contribution in [-0.2, 0) is 15.4 Å². The van der Waals surface area contributed by atoms with Crippen LogP contribution in [0.2, 0.25) is 0 Å². The first kappa shape index (κ1) is 15.4. The zero-order valence-corrected chi connectivity index (χ0v) is 12.1. The number of alkyl halides is 1. The number of aromatic nitrogens is 1. The van der Waals surface area contributed by atoms with Gasteiger partial charge in [-0.3, -0.25) is 5.21 Å². The van der Waals surface area contributed by atoms with Crippen molar-refractivity contribution in [2.45, 2.75) is 31.7 Å². The van der Waals surface area contributed by atoms with E-state index < -0.39 is 20.6 Å². The molecule has 0 saturated carbocycles. The number of hydrogen-bond acceptors (Lipinski definition) is 4. The third-order valence-corrected chi connectivity index (χ3v) is 4.94. The highest BCUT2D eigenvalue weighted by Crippen LogP contribution is 2.25. The largest absolute Gasteiger partial charge is 0.285 e. The summed E-state index contributed by atoms with van der Waals surface area (Å²) in [5, 5.41) is 17.7. The summed E-state index contributed by atoms with van der Waals surface area (Å²) in [6, 6.07) is 3.00. The zero-order chi connectivity index (χ0) is 14.8. The summed E-state index contributed by atoms with van der Waals surface area (Å²) in [5.74, 6) is 0. The first-order valence-corrected chi connectivity index (χ1v) is 7.61. The van der Waals surface area contributed by atoms with E-state index >= 15 is 0 Å². The molecule has 1 rings (SSSR count). The highest BCUT2D eigenvalue weighted by atomic mass is 32.2. The summed E-state index contributed by atoms with van der Waals surface area (Å²) >= 11 is 0. The molecule has 1 aromatic rings. The van der Waals surface area contributed by atoms with Crippen LogP contribution in [0.4, 0.5) is 4.39 Å². The third-order valence-electron chi connectivity index (χ3n) is 2.91. The molecular weight excluding hydrogens is 269 g/mol. The van der Waals surface area contributed by atoms with Gasteiger partial charge in [-0.2, -0.15) is 5.26 Å². The highest BCUT2D eigenvalue weighted by Gasteiger charge is 2.32. The first-order valence-electron chi connectivity index (χ1n) is 5.63. The summed E-state index contributed by atoms with van der Waals surface area (Å²) in [5.41, 5.74) is -1.09. The van der Waals surface area contributed by atoms with E-state index in [2.05, 4.69) is 4.36 Å². The average molecular weight is 286 g/mol. The maximum absolute atomic E-state index is 13.8. The molecule has 5 nitrogen and oxygen atoms in total. The van der Waals surface area contributed by atoms with E-state index in [4.69, 9.17) is 5.26 Å². The van der Waals surface area contributed by atoms with E-state index in [9.17, 15) is 13.8 Å². The maximum atomic E-state index is 13.8. The van der Waals surface area contributed by atoms with Gasteiger partial charge in [0, 0.05) is 22.6 Å². The van der Waals surface area contributed by atoms with Gasteiger partial charge in [-0.25, -0.2) is 8.60 Å². The van der Waals surface area contributed by atoms with Gasteiger partial charge in [-0.05, 0) is 26.8 Å². The van der Waals surface area contributed by atoms with Crippen molar-refractivity contribution in [3.63, 3.8) is 0 Å². The van der Waals surface area contributed by atoms with Crippen LogP contribution in [0.25, 0.3) is 0 Å². The van der Waals surface area contributed by atoms with Gasteiger partial charge in [0.25, 0.3) is 5.69 Å². The molecule has 2 atom stereocenters. The molecule has 0 fully saturated rings. The SMILES string of the molecule is CC(c1ccc(C(C)(C)F)[n+](O)c1)S(C)(=O)=NC#N. The summed E-state index contributed by atoms with van der Waals surface area (Å²) in [6.07, 6.45) is 4.19. The Morgan fingerprint density at radius 2 is 2.16 bits per heavy atom. The van der Waals surface area contributed by atoms with Gasteiger partial charge in [0.15, 0.2) is 5.67 Å². The van der Waals surface area contributed by atoms with Crippen LogP contribution in [0.5, 0.6) is 0 Å². The molecule has 0 amide bonds. The fourth-order valence-corrected chi connectivity index (χ4v) is 2.59. The van der Waals surface area contributed by atoms with Gasteiger partial charge in [0.1, 0.15) is 0 Å². The summed E-state index contributed by atoms with van der Waals surface area (Å²) in [4.78, 5) is 0. The van der Waals surface area contributed by atoms with Crippen LogP contribution in [0.3, 0.4) is 0 Å². The molecule has 0 aliphatic carbocycles. The predicted octanol–water partition coefficient (Wildman–Crippen LogP) is 2.06. The Kier molecular flexibility index (Phi) is 4.15. The van der Waals surface area contributed by atoms with Crippen molar-refractivity contribution in [3.05, 3.63) is 29.6 Å². The smallest absolute Gasteiger partial charge is 0.270 e. The molecule has 2 unspecified atom stereocenters. The molecule has 104 valence electrons. The molecule has 0 aliphatic rings. The van der Waals surface area contributed by atoms with Crippen molar-refractivity contribution < 1.29 is 18.5 Å². The molecule has 1 N–H and O–H groups in total. The number of pyridine rings is 1. The molecule has 7 heteroatoms. The quantitative estimate of drug-likeness (QED) is 0.525. The Morgan fingerprint density at radius 1 is 1.58 bits per heavy atom. The van der Waals surface area contributed by atoms with Crippen molar-refractivity contribution in [2.75, 3.05) is 6.26 Å². The number of halogens is 1. The first-order chi connectivity index (χ1) is 8.59. The van der Waals surface area contributed by atoms with E-state index in [1.807, 2.05) is 0 Å². The monoisotopic (exact) mass is 286 g/mol.